The van der Waals surface area contributed by atoms with Crippen LogP contribution in [0.3, 0.4) is 0 Å². The van der Waals surface area contributed by atoms with E-state index in [0.29, 0.717) is 17.4 Å². The number of nitriles is 1. The molecule has 0 spiro atoms. The normalized spacial score (nSPS) is 15.1. The Bertz CT molecular complexity index is 366. The van der Waals surface area contributed by atoms with Gasteiger partial charge in [-0.15, -0.1) is 0 Å². The Kier molecular flexibility index (Phi) is 2.24. The van der Waals surface area contributed by atoms with Crippen molar-refractivity contribution in [3.63, 3.8) is 0 Å². The van der Waals surface area contributed by atoms with E-state index in [1.165, 1.54) is 0 Å². The first-order valence-corrected chi connectivity index (χ1v) is 4.96. The summed E-state index contributed by atoms with van der Waals surface area (Å²) in [4.78, 5) is 0. The minimum Gasteiger partial charge on any atom is -0.489 e. The highest BCUT2D eigenvalue weighted by molar-refractivity contribution is 9.10. The van der Waals surface area contributed by atoms with E-state index in [-0.39, 0.29) is 0 Å². The van der Waals surface area contributed by atoms with Crippen LogP contribution in [-0.4, -0.2) is 6.10 Å². The average Bonchev–Trinajstić information content (AvgIpc) is 2.89. The highest BCUT2D eigenvalue weighted by atomic mass is 79.9. The molecule has 0 N–H and O–H groups in total. The van der Waals surface area contributed by atoms with E-state index in [0.717, 1.165) is 17.3 Å². The van der Waals surface area contributed by atoms with Crippen LogP contribution >= 0.6 is 15.9 Å². The Morgan fingerprint density at radius 2 is 2.23 bits per heavy atom. The number of ether oxygens (including phenoxy) is 1. The molecule has 0 bridgehead atoms. The van der Waals surface area contributed by atoms with E-state index in [1.54, 1.807) is 0 Å². The van der Waals surface area contributed by atoms with Crippen LogP contribution in [0.25, 0.3) is 0 Å². The number of hydrogen-bond donors (Lipinski definition) is 0. The van der Waals surface area contributed by atoms with Crippen LogP contribution < -0.4 is 4.74 Å². The van der Waals surface area contributed by atoms with Crippen molar-refractivity contribution < 1.29 is 4.74 Å². The van der Waals surface area contributed by atoms with Gasteiger partial charge in [-0.3, -0.25) is 0 Å². The molecular formula is C10H8BrNO. The molecule has 0 radical (unpaired) electrons. The third-order valence-electron chi connectivity index (χ3n) is 1.91. The second kappa shape index (κ2) is 3.39. The maximum atomic E-state index is 8.87. The number of nitrogens with zero attached hydrogens (tertiary/aromatic N) is 1. The molecule has 0 heterocycles. The molecule has 0 unspecified atom stereocenters. The Labute approximate surface area is 85.3 Å². The lowest BCUT2D eigenvalue weighted by molar-refractivity contribution is 0.302. The average molecular weight is 238 g/mol. The molecule has 0 aromatic heterocycles. The lowest BCUT2D eigenvalue weighted by atomic mass is 10.2. The summed E-state index contributed by atoms with van der Waals surface area (Å²) in [5.74, 6) is 0.694. The summed E-state index contributed by atoms with van der Waals surface area (Å²) in [7, 11) is 0. The van der Waals surface area contributed by atoms with Crippen molar-refractivity contribution in [1.29, 1.82) is 5.26 Å². The molecule has 1 saturated carbocycles. The second-order valence-corrected chi connectivity index (χ2v) is 3.90. The first-order valence-electron chi connectivity index (χ1n) is 4.16. The fraction of sp³-hybridized carbons (Fsp3) is 0.300. The van der Waals surface area contributed by atoms with Gasteiger partial charge in [-0.25, -0.2) is 0 Å². The van der Waals surface area contributed by atoms with Gasteiger partial charge in [0, 0.05) is 4.47 Å². The van der Waals surface area contributed by atoms with E-state index in [1.807, 2.05) is 18.2 Å². The zero-order valence-corrected chi connectivity index (χ0v) is 8.54. The number of rotatable bonds is 2. The topological polar surface area (TPSA) is 33.0 Å². The predicted molar refractivity (Wildman–Crippen MR) is 52.5 cm³/mol. The van der Waals surface area contributed by atoms with Gasteiger partial charge in [0.2, 0.25) is 0 Å². The van der Waals surface area contributed by atoms with Gasteiger partial charge in [-0.05, 0) is 40.9 Å². The lowest BCUT2D eigenvalue weighted by Crippen LogP contribution is -1.98. The van der Waals surface area contributed by atoms with E-state index in [9.17, 15) is 0 Å². The molecule has 2 nitrogen and oxygen atoms in total. The van der Waals surface area contributed by atoms with E-state index >= 15 is 0 Å². The summed E-state index contributed by atoms with van der Waals surface area (Å²) in [6, 6.07) is 7.68. The third-order valence-corrected chi connectivity index (χ3v) is 2.57. The van der Waals surface area contributed by atoms with Crippen LogP contribution in [0.2, 0.25) is 0 Å². The first-order chi connectivity index (χ1) is 6.31. The Morgan fingerprint density at radius 3 is 2.85 bits per heavy atom. The molecule has 3 heteroatoms. The summed E-state index contributed by atoms with van der Waals surface area (Å²) in [5, 5.41) is 8.87. The van der Waals surface area contributed by atoms with Gasteiger partial charge < -0.3 is 4.74 Å². The zero-order chi connectivity index (χ0) is 9.26. The van der Waals surface area contributed by atoms with Crippen molar-refractivity contribution in [1.82, 2.24) is 0 Å². The highest BCUT2D eigenvalue weighted by Gasteiger charge is 2.24. The van der Waals surface area contributed by atoms with Gasteiger partial charge in [-0.1, -0.05) is 6.07 Å². The molecule has 13 heavy (non-hydrogen) atoms. The molecule has 66 valence electrons. The number of hydrogen-bond acceptors (Lipinski definition) is 2. The van der Waals surface area contributed by atoms with Crippen molar-refractivity contribution in [2.24, 2.45) is 0 Å². The van der Waals surface area contributed by atoms with Crippen LogP contribution in [0.4, 0.5) is 0 Å². The fourth-order valence-electron chi connectivity index (χ4n) is 1.08. The SMILES string of the molecule is N#Cc1c(Br)cccc1OC1CC1. The van der Waals surface area contributed by atoms with Crippen LogP contribution in [0.5, 0.6) is 5.75 Å². The van der Waals surface area contributed by atoms with Crippen LogP contribution in [-0.2, 0) is 0 Å². The standard InChI is InChI=1S/C10H8BrNO/c11-9-2-1-3-10(8(9)6-12)13-7-4-5-7/h1-3,7H,4-5H2. The Balaban J connectivity index is 2.32. The quantitative estimate of drug-likeness (QED) is 0.793. The first kappa shape index (κ1) is 8.58. The number of benzene rings is 1. The van der Waals surface area contributed by atoms with Gasteiger partial charge in [0.05, 0.1) is 6.10 Å². The second-order valence-electron chi connectivity index (χ2n) is 3.04. The van der Waals surface area contributed by atoms with Gasteiger partial charge in [0.1, 0.15) is 17.4 Å². The fourth-order valence-corrected chi connectivity index (χ4v) is 1.51. The largest absolute Gasteiger partial charge is 0.489 e. The summed E-state index contributed by atoms with van der Waals surface area (Å²) in [5.41, 5.74) is 0.592. The van der Waals surface area contributed by atoms with Crippen molar-refractivity contribution in [2.45, 2.75) is 18.9 Å². The number of halogens is 1. The smallest absolute Gasteiger partial charge is 0.138 e. The molecule has 1 aromatic rings. The van der Waals surface area contributed by atoms with Gasteiger partial charge in [0.15, 0.2) is 0 Å². The maximum absolute atomic E-state index is 8.87. The summed E-state index contributed by atoms with van der Waals surface area (Å²) < 4.78 is 6.37. The van der Waals surface area contributed by atoms with E-state index in [4.69, 9.17) is 10.00 Å². The molecule has 0 aliphatic heterocycles. The third kappa shape index (κ3) is 1.84. The molecule has 1 aliphatic rings. The van der Waals surface area contributed by atoms with Gasteiger partial charge in [-0.2, -0.15) is 5.26 Å². The molecule has 1 aromatic carbocycles. The van der Waals surface area contributed by atoms with Crippen molar-refractivity contribution in [2.75, 3.05) is 0 Å². The van der Waals surface area contributed by atoms with Gasteiger partial charge >= 0.3 is 0 Å². The Morgan fingerprint density at radius 1 is 1.46 bits per heavy atom. The molecule has 1 aliphatic carbocycles. The molecule has 0 amide bonds. The van der Waals surface area contributed by atoms with Crippen molar-refractivity contribution in [3.05, 3.63) is 28.2 Å². The Hall–Kier alpha value is -1.01. The highest BCUT2D eigenvalue weighted by Crippen LogP contribution is 2.31. The van der Waals surface area contributed by atoms with Crippen LogP contribution in [0.15, 0.2) is 22.7 Å². The monoisotopic (exact) mass is 237 g/mol. The predicted octanol–water partition coefficient (Wildman–Crippen LogP) is 2.86. The zero-order valence-electron chi connectivity index (χ0n) is 6.96. The van der Waals surface area contributed by atoms with Crippen molar-refractivity contribution in [3.8, 4) is 11.8 Å². The molecule has 2 rings (SSSR count). The van der Waals surface area contributed by atoms with E-state index < -0.39 is 0 Å². The summed E-state index contributed by atoms with van der Waals surface area (Å²) >= 11 is 3.32. The minimum atomic E-state index is 0.335. The lowest BCUT2D eigenvalue weighted by Gasteiger charge is -2.06. The molecule has 0 saturated heterocycles. The molecule has 1 fully saturated rings. The van der Waals surface area contributed by atoms with E-state index in [2.05, 4.69) is 22.0 Å². The minimum absolute atomic E-state index is 0.335. The molecule has 0 atom stereocenters. The van der Waals surface area contributed by atoms with Crippen LogP contribution in [0.1, 0.15) is 18.4 Å². The van der Waals surface area contributed by atoms with Gasteiger partial charge in [0.25, 0.3) is 0 Å². The van der Waals surface area contributed by atoms with Crippen molar-refractivity contribution >= 4 is 15.9 Å². The van der Waals surface area contributed by atoms with Crippen LogP contribution in [0, 0.1) is 11.3 Å². The summed E-state index contributed by atoms with van der Waals surface area (Å²) in [6.07, 6.45) is 2.55. The summed E-state index contributed by atoms with van der Waals surface area (Å²) in [6.45, 7) is 0. The maximum Gasteiger partial charge on any atom is 0.138 e. The molecular weight excluding hydrogens is 230 g/mol.